The molecule has 0 N–H and O–H groups in total. The molecule has 0 saturated carbocycles. The van der Waals surface area contributed by atoms with Gasteiger partial charge in [0, 0.05) is 0 Å². The van der Waals surface area contributed by atoms with Gasteiger partial charge >= 0.3 is 0 Å². The van der Waals surface area contributed by atoms with Crippen molar-refractivity contribution in [1.82, 2.24) is 10.0 Å². The average molecular weight is 675 g/mol. The predicted molar refractivity (Wildman–Crippen MR) is 181 cm³/mol. The van der Waals surface area contributed by atoms with Gasteiger partial charge in [-0.3, -0.25) is 19.2 Å². The van der Waals surface area contributed by atoms with Crippen LogP contribution in [0.1, 0.15) is 23.2 Å². The van der Waals surface area contributed by atoms with Crippen LogP contribution in [0, 0.1) is 11.8 Å². The van der Waals surface area contributed by atoms with Crippen LogP contribution < -0.4 is 28.7 Å². The first kappa shape index (κ1) is 31.5. The van der Waals surface area contributed by atoms with E-state index in [0.717, 1.165) is 0 Å². The molecule has 12 nitrogen and oxygen atoms in total. The fourth-order valence-electron chi connectivity index (χ4n) is 8.07. The third-order valence-corrected chi connectivity index (χ3v) is 10.3. The molecule has 4 heterocycles. The largest absolute Gasteiger partial charge is 0.497 e. The molecule has 0 aliphatic carbocycles. The highest BCUT2D eigenvalue weighted by atomic mass is 16.5. The van der Waals surface area contributed by atoms with Crippen LogP contribution in [0.4, 0.5) is 11.4 Å². The number of amides is 4. The normalized spacial score (nSPS) is 25.9. The molecule has 12 heteroatoms. The number of rotatable bonds is 8. The molecule has 4 aliphatic heterocycles. The zero-order valence-electron chi connectivity index (χ0n) is 27.8. The van der Waals surface area contributed by atoms with E-state index in [0.29, 0.717) is 45.5 Å². The van der Waals surface area contributed by atoms with E-state index in [1.165, 1.54) is 9.80 Å². The zero-order chi connectivity index (χ0) is 34.8. The van der Waals surface area contributed by atoms with Crippen molar-refractivity contribution in [1.29, 1.82) is 0 Å². The number of anilines is 2. The van der Waals surface area contributed by atoms with Crippen molar-refractivity contribution in [3.8, 4) is 23.0 Å². The first-order chi connectivity index (χ1) is 24.3. The number of hydrazine groups is 1. The number of methoxy groups -OCH3 is 4. The van der Waals surface area contributed by atoms with Gasteiger partial charge in [0.15, 0.2) is 0 Å². The molecule has 4 aromatic rings. The Kier molecular flexibility index (Phi) is 7.57. The van der Waals surface area contributed by atoms with Gasteiger partial charge in [-0.1, -0.05) is 24.3 Å². The summed E-state index contributed by atoms with van der Waals surface area (Å²) in [5.74, 6) is -1.04. The lowest BCUT2D eigenvalue weighted by atomic mass is 9.84. The number of hydrogen-bond acceptors (Lipinski definition) is 10. The SMILES string of the molecule is COc1ccc(C2C3C(=O)N(c4ccc(OC)cc4)C(=O)C3N3C(c4ccc(OC)cc4)C4C(=O)N(c5ccc(OC)cc5)C(=O)C4N23)cc1. The van der Waals surface area contributed by atoms with Crippen LogP contribution >= 0.6 is 0 Å². The molecule has 6 unspecified atom stereocenters. The van der Waals surface area contributed by atoms with E-state index in [1.54, 1.807) is 101 Å². The van der Waals surface area contributed by atoms with E-state index in [-0.39, 0.29) is 0 Å². The van der Waals surface area contributed by atoms with Crippen LogP contribution in [0.2, 0.25) is 0 Å². The smallest absolute Gasteiger partial charge is 0.253 e. The first-order valence-electron chi connectivity index (χ1n) is 16.2. The Morgan fingerprint density at radius 1 is 0.380 bits per heavy atom. The number of imide groups is 2. The number of carbonyl (C=O) groups excluding carboxylic acids is 4. The van der Waals surface area contributed by atoms with Crippen LogP contribution in [-0.4, -0.2) is 74.2 Å². The van der Waals surface area contributed by atoms with Crippen molar-refractivity contribution in [3.63, 3.8) is 0 Å². The molecule has 4 aromatic carbocycles. The molecule has 4 aliphatic rings. The number of ether oxygens (including phenoxy) is 4. The van der Waals surface area contributed by atoms with E-state index in [4.69, 9.17) is 18.9 Å². The number of nitrogens with zero attached hydrogens (tertiary/aromatic N) is 4. The summed E-state index contributed by atoms with van der Waals surface area (Å²) < 4.78 is 21.5. The maximum atomic E-state index is 14.7. The highest BCUT2D eigenvalue weighted by Gasteiger charge is 2.73. The highest BCUT2D eigenvalue weighted by Crippen LogP contribution is 2.60. The molecule has 4 saturated heterocycles. The third kappa shape index (κ3) is 4.52. The number of fused-ring (bicyclic) bond motifs is 5. The van der Waals surface area contributed by atoms with Gasteiger partial charge in [-0.15, -0.1) is 0 Å². The molecule has 4 amide bonds. The fraction of sp³-hybridized carbons (Fsp3) is 0.263. The summed E-state index contributed by atoms with van der Waals surface area (Å²) in [6.45, 7) is 0. The van der Waals surface area contributed by atoms with E-state index in [2.05, 4.69) is 0 Å². The second kappa shape index (κ2) is 12.0. The lowest BCUT2D eigenvalue weighted by Gasteiger charge is -2.35. The molecular weight excluding hydrogens is 640 g/mol. The van der Waals surface area contributed by atoms with Crippen molar-refractivity contribution in [2.75, 3.05) is 38.2 Å². The summed E-state index contributed by atoms with van der Waals surface area (Å²) in [5.41, 5.74) is 2.23. The molecule has 0 aromatic heterocycles. The zero-order valence-corrected chi connectivity index (χ0v) is 27.8. The van der Waals surface area contributed by atoms with Gasteiger partial charge in [-0.25, -0.2) is 19.8 Å². The summed E-state index contributed by atoms with van der Waals surface area (Å²) in [7, 11) is 6.22. The minimum Gasteiger partial charge on any atom is -0.497 e. The molecule has 0 radical (unpaired) electrons. The van der Waals surface area contributed by atoms with E-state index in [1.807, 2.05) is 34.3 Å². The summed E-state index contributed by atoms with van der Waals surface area (Å²) in [6.07, 6.45) is 0. The fourth-order valence-corrected chi connectivity index (χ4v) is 8.07. The Morgan fingerprint density at radius 2 is 0.660 bits per heavy atom. The first-order valence-corrected chi connectivity index (χ1v) is 16.2. The minimum absolute atomic E-state index is 0.394. The van der Waals surface area contributed by atoms with Gasteiger partial charge in [-0.05, 0) is 83.9 Å². The van der Waals surface area contributed by atoms with Crippen LogP contribution in [0.25, 0.3) is 0 Å². The Morgan fingerprint density at radius 3 is 0.940 bits per heavy atom. The second-order valence-electron chi connectivity index (χ2n) is 12.6. The highest BCUT2D eigenvalue weighted by molar-refractivity contribution is 6.26. The summed E-state index contributed by atoms with van der Waals surface area (Å²) in [6, 6.07) is 24.5. The van der Waals surface area contributed by atoms with Gasteiger partial charge in [0.05, 0.1) is 63.7 Å². The standard InChI is InChI=1S/C38H34N4O8/c1-47-25-13-5-21(6-14-25)31-29-33(37(45)39(35(29)43)23-9-17-27(49-3)18-10-23)42-32(22-7-15-26(48-2)16-8-22)30-34(41(31)42)38(46)40(36(30)44)24-11-19-28(50-4)20-12-24/h5-20,29-34H,1-4H3. The van der Waals surface area contributed by atoms with E-state index in [9.17, 15) is 19.2 Å². The number of hydrogen-bond donors (Lipinski definition) is 0. The minimum atomic E-state index is -0.996. The monoisotopic (exact) mass is 674 g/mol. The maximum Gasteiger partial charge on any atom is 0.253 e. The van der Waals surface area contributed by atoms with E-state index < -0.39 is 59.6 Å². The number of carbonyl (C=O) groups is 4. The van der Waals surface area contributed by atoms with Crippen molar-refractivity contribution in [3.05, 3.63) is 108 Å². The Hall–Kier alpha value is -5.72. The van der Waals surface area contributed by atoms with Crippen molar-refractivity contribution >= 4 is 35.0 Å². The molecule has 50 heavy (non-hydrogen) atoms. The van der Waals surface area contributed by atoms with Gasteiger partial charge in [-0.2, -0.15) is 0 Å². The summed E-state index contributed by atoms with van der Waals surface area (Å²) in [5, 5.41) is 3.67. The Labute approximate surface area is 288 Å². The Balaban J connectivity index is 1.30. The molecule has 0 spiro atoms. The van der Waals surface area contributed by atoms with Crippen molar-refractivity contribution < 1.29 is 38.1 Å². The quantitative estimate of drug-likeness (QED) is 0.252. The predicted octanol–water partition coefficient (Wildman–Crippen LogP) is 4.17. The van der Waals surface area contributed by atoms with Crippen molar-refractivity contribution in [2.45, 2.75) is 24.2 Å². The van der Waals surface area contributed by atoms with Gasteiger partial charge in [0.2, 0.25) is 11.8 Å². The topological polar surface area (TPSA) is 118 Å². The van der Waals surface area contributed by atoms with E-state index >= 15 is 0 Å². The summed E-state index contributed by atoms with van der Waals surface area (Å²) >= 11 is 0. The molecular formula is C38H34N4O8. The van der Waals surface area contributed by atoms with Crippen LogP contribution in [0.5, 0.6) is 23.0 Å². The van der Waals surface area contributed by atoms with Gasteiger partial charge < -0.3 is 18.9 Å². The van der Waals surface area contributed by atoms with Crippen molar-refractivity contribution in [2.24, 2.45) is 11.8 Å². The van der Waals surface area contributed by atoms with Crippen LogP contribution in [-0.2, 0) is 19.2 Å². The molecule has 6 atom stereocenters. The van der Waals surface area contributed by atoms with Gasteiger partial charge in [0.1, 0.15) is 35.1 Å². The third-order valence-electron chi connectivity index (χ3n) is 10.3. The van der Waals surface area contributed by atoms with Crippen LogP contribution in [0.15, 0.2) is 97.1 Å². The lowest BCUT2D eigenvalue weighted by Crippen LogP contribution is -2.50. The molecule has 0 bridgehead atoms. The molecule has 254 valence electrons. The molecule has 8 rings (SSSR count). The lowest BCUT2D eigenvalue weighted by molar-refractivity contribution is -0.136. The van der Waals surface area contributed by atoms with Crippen LogP contribution in [0.3, 0.4) is 0 Å². The number of benzene rings is 4. The second-order valence-corrected chi connectivity index (χ2v) is 12.6. The molecule has 4 fully saturated rings. The maximum absolute atomic E-state index is 14.7. The average Bonchev–Trinajstić information content (AvgIpc) is 3.83. The summed E-state index contributed by atoms with van der Waals surface area (Å²) in [4.78, 5) is 61.0. The Bertz CT molecular complexity index is 1840. The van der Waals surface area contributed by atoms with Gasteiger partial charge in [0.25, 0.3) is 11.8 Å².